The van der Waals surface area contributed by atoms with Gasteiger partial charge < -0.3 is 20.1 Å². The van der Waals surface area contributed by atoms with E-state index >= 15 is 0 Å². The van der Waals surface area contributed by atoms with Crippen molar-refractivity contribution in [2.24, 2.45) is 5.92 Å². The summed E-state index contributed by atoms with van der Waals surface area (Å²) in [7, 11) is 0. The number of aliphatic hydroxyl groups is 1. The van der Waals surface area contributed by atoms with Crippen LogP contribution in [0.2, 0.25) is 0 Å². The molecule has 0 aromatic heterocycles. The van der Waals surface area contributed by atoms with Crippen LogP contribution in [0.1, 0.15) is 39.5 Å². The van der Waals surface area contributed by atoms with Gasteiger partial charge in [-0.05, 0) is 45.1 Å². The van der Waals surface area contributed by atoms with Crippen molar-refractivity contribution in [2.45, 2.75) is 57.7 Å². The van der Waals surface area contributed by atoms with Crippen molar-refractivity contribution in [3.05, 3.63) is 0 Å². The number of hydrogen-bond donors (Lipinski definition) is 2. The zero-order valence-corrected chi connectivity index (χ0v) is 12.5. The molecule has 2 fully saturated rings. The molecule has 19 heavy (non-hydrogen) atoms. The van der Waals surface area contributed by atoms with Crippen molar-refractivity contribution in [1.82, 2.24) is 10.2 Å². The fraction of sp³-hybridized carbons (Fsp3) is 1.00. The molecule has 0 spiro atoms. The molecule has 0 aromatic rings. The van der Waals surface area contributed by atoms with Gasteiger partial charge in [0.05, 0.1) is 6.10 Å². The van der Waals surface area contributed by atoms with Crippen molar-refractivity contribution in [1.29, 1.82) is 0 Å². The summed E-state index contributed by atoms with van der Waals surface area (Å²) in [6.07, 6.45) is 5.01. The Hall–Kier alpha value is -0.160. The molecular weight excluding hydrogens is 240 g/mol. The summed E-state index contributed by atoms with van der Waals surface area (Å²) in [6.45, 7) is 9.20. The molecule has 0 bridgehead atoms. The maximum atomic E-state index is 8.97. The Kier molecular flexibility index (Phi) is 6.07. The molecule has 2 aliphatic heterocycles. The molecule has 4 atom stereocenters. The lowest BCUT2D eigenvalue weighted by molar-refractivity contribution is 0.0499. The summed E-state index contributed by atoms with van der Waals surface area (Å²) in [5, 5.41) is 12.6. The van der Waals surface area contributed by atoms with Crippen LogP contribution < -0.4 is 5.32 Å². The van der Waals surface area contributed by atoms with Crippen molar-refractivity contribution >= 4 is 0 Å². The third-order valence-corrected chi connectivity index (χ3v) is 4.54. The molecule has 0 radical (unpaired) electrons. The van der Waals surface area contributed by atoms with Gasteiger partial charge in [0.15, 0.2) is 0 Å². The van der Waals surface area contributed by atoms with Gasteiger partial charge in [0.25, 0.3) is 0 Å². The Morgan fingerprint density at radius 3 is 2.89 bits per heavy atom. The zero-order chi connectivity index (χ0) is 13.7. The molecule has 4 nitrogen and oxygen atoms in total. The highest BCUT2D eigenvalue weighted by Crippen LogP contribution is 2.20. The second-order valence-corrected chi connectivity index (χ2v) is 6.35. The maximum absolute atomic E-state index is 8.97. The van der Waals surface area contributed by atoms with E-state index in [0.29, 0.717) is 24.1 Å². The molecule has 2 saturated heterocycles. The first-order chi connectivity index (χ1) is 9.19. The van der Waals surface area contributed by atoms with Crippen LogP contribution in [0.25, 0.3) is 0 Å². The summed E-state index contributed by atoms with van der Waals surface area (Å²) in [5.41, 5.74) is 0. The van der Waals surface area contributed by atoms with Crippen LogP contribution >= 0.6 is 0 Å². The summed E-state index contributed by atoms with van der Waals surface area (Å²) < 4.78 is 5.73. The van der Waals surface area contributed by atoms with Gasteiger partial charge >= 0.3 is 0 Å². The number of likely N-dealkylation sites (tertiary alicyclic amines) is 1. The second kappa shape index (κ2) is 7.58. The SMILES string of the molecule is CC(CCO)NC1CCN(CC2CCCO2)CC1C. The number of nitrogens with one attached hydrogen (secondary N) is 1. The average Bonchev–Trinajstić information content (AvgIpc) is 2.86. The number of aliphatic hydroxyl groups excluding tert-OH is 1. The normalized spacial score (nSPS) is 34.6. The highest BCUT2D eigenvalue weighted by atomic mass is 16.5. The van der Waals surface area contributed by atoms with Gasteiger partial charge in [0.1, 0.15) is 0 Å². The van der Waals surface area contributed by atoms with E-state index in [1.807, 2.05) is 0 Å². The van der Waals surface area contributed by atoms with Crippen LogP contribution in [0.3, 0.4) is 0 Å². The smallest absolute Gasteiger partial charge is 0.0702 e. The molecule has 0 amide bonds. The Morgan fingerprint density at radius 2 is 2.26 bits per heavy atom. The summed E-state index contributed by atoms with van der Waals surface area (Å²) >= 11 is 0. The summed E-state index contributed by atoms with van der Waals surface area (Å²) in [5.74, 6) is 0.677. The number of rotatable bonds is 6. The number of ether oxygens (including phenoxy) is 1. The van der Waals surface area contributed by atoms with E-state index in [4.69, 9.17) is 9.84 Å². The van der Waals surface area contributed by atoms with Gasteiger partial charge in [-0.1, -0.05) is 6.92 Å². The number of nitrogens with zero attached hydrogens (tertiary/aromatic N) is 1. The monoisotopic (exact) mass is 270 g/mol. The summed E-state index contributed by atoms with van der Waals surface area (Å²) in [6, 6.07) is 1.02. The second-order valence-electron chi connectivity index (χ2n) is 6.35. The van der Waals surface area contributed by atoms with Crippen molar-refractivity contribution < 1.29 is 9.84 Å². The lowest BCUT2D eigenvalue weighted by Crippen LogP contribution is -2.51. The Morgan fingerprint density at radius 1 is 1.42 bits per heavy atom. The van der Waals surface area contributed by atoms with Gasteiger partial charge in [-0.15, -0.1) is 0 Å². The van der Waals surface area contributed by atoms with Crippen molar-refractivity contribution in [2.75, 3.05) is 32.8 Å². The van der Waals surface area contributed by atoms with Crippen molar-refractivity contribution in [3.8, 4) is 0 Å². The minimum atomic E-state index is 0.278. The topological polar surface area (TPSA) is 44.7 Å². The molecule has 2 rings (SSSR count). The standard InChI is InChI=1S/C15H30N2O2/c1-12-10-17(11-14-4-3-9-19-14)7-5-15(12)16-13(2)6-8-18/h12-16,18H,3-11H2,1-2H3. The van der Waals surface area contributed by atoms with Gasteiger partial charge in [-0.3, -0.25) is 0 Å². The van der Waals surface area contributed by atoms with Gasteiger partial charge in [0, 0.05) is 38.4 Å². The van der Waals surface area contributed by atoms with Crippen molar-refractivity contribution in [3.63, 3.8) is 0 Å². The predicted molar refractivity (Wildman–Crippen MR) is 77.3 cm³/mol. The van der Waals surface area contributed by atoms with E-state index in [9.17, 15) is 0 Å². The molecule has 2 aliphatic rings. The molecule has 2 N–H and O–H groups in total. The fourth-order valence-electron chi connectivity index (χ4n) is 3.36. The number of piperidine rings is 1. The van der Waals surface area contributed by atoms with Gasteiger partial charge in [-0.25, -0.2) is 0 Å². The molecule has 0 aliphatic carbocycles. The molecule has 4 unspecified atom stereocenters. The van der Waals surface area contributed by atoms with Crippen LogP contribution in [0.15, 0.2) is 0 Å². The highest BCUT2D eigenvalue weighted by Gasteiger charge is 2.28. The van der Waals surface area contributed by atoms with Crippen LogP contribution in [0.4, 0.5) is 0 Å². The van der Waals surface area contributed by atoms with Crippen LogP contribution in [-0.2, 0) is 4.74 Å². The Bertz CT molecular complexity index is 257. The Balaban J connectivity index is 1.71. The molecule has 2 heterocycles. The molecule has 0 aromatic carbocycles. The molecule has 4 heteroatoms. The van der Waals surface area contributed by atoms with E-state index in [0.717, 1.165) is 19.6 Å². The van der Waals surface area contributed by atoms with E-state index in [1.165, 1.54) is 32.4 Å². The first kappa shape index (κ1) is 15.2. The van der Waals surface area contributed by atoms with E-state index in [1.54, 1.807) is 0 Å². The first-order valence-corrected chi connectivity index (χ1v) is 7.90. The van der Waals surface area contributed by atoms with Crippen LogP contribution in [0.5, 0.6) is 0 Å². The minimum absolute atomic E-state index is 0.278. The third kappa shape index (κ3) is 4.71. The molecule has 112 valence electrons. The third-order valence-electron chi connectivity index (χ3n) is 4.54. The van der Waals surface area contributed by atoms with Crippen LogP contribution in [-0.4, -0.2) is 61.0 Å². The summed E-state index contributed by atoms with van der Waals surface area (Å²) in [4.78, 5) is 2.57. The first-order valence-electron chi connectivity index (χ1n) is 7.90. The lowest BCUT2D eigenvalue weighted by Gasteiger charge is -2.39. The van der Waals surface area contributed by atoms with E-state index in [-0.39, 0.29) is 6.61 Å². The quantitative estimate of drug-likeness (QED) is 0.762. The highest BCUT2D eigenvalue weighted by molar-refractivity contribution is 4.85. The van der Waals surface area contributed by atoms with E-state index in [2.05, 4.69) is 24.1 Å². The fourth-order valence-corrected chi connectivity index (χ4v) is 3.36. The predicted octanol–water partition coefficient (Wildman–Crippen LogP) is 1.24. The molecule has 0 saturated carbocycles. The molecular formula is C15H30N2O2. The maximum Gasteiger partial charge on any atom is 0.0702 e. The van der Waals surface area contributed by atoms with E-state index < -0.39 is 0 Å². The number of hydrogen-bond acceptors (Lipinski definition) is 4. The lowest BCUT2D eigenvalue weighted by atomic mass is 9.92. The average molecular weight is 270 g/mol. The zero-order valence-electron chi connectivity index (χ0n) is 12.5. The van der Waals surface area contributed by atoms with Gasteiger partial charge in [0.2, 0.25) is 0 Å². The Labute approximate surface area is 117 Å². The van der Waals surface area contributed by atoms with Crippen LogP contribution in [0, 0.1) is 5.92 Å². The largest absolute Gasteiger partial charge is 0.396 e. The minimum Gasteiger partial charge on any atom is -0.396 e. The van der Waals surface area contributed by atoms with Gasteiger partial charge in [-0.2, -0.15) is 0 Å².